The van der Waals surface area contributed by atoms with Crippen LogP contribution in [0, 0.1) is 11.8 Å². The average molecular weight is 465 g/mol. The van der Waals surface area contributed by atoms with Crippen LogP contribution in [0.25, 0.3) is 0 Å². The van der Waals surface area contributed by atoms with Crippen LogP contribution in [0.5, 0.6) is 0 Å². The Balaban J connectivity index is 2.15. The van der Waals surface area contributed by atoms with Crippen LogP contribution in [0.3, 0.4) is 0 Å². The van der Waals surface area contributed by atoms with Crippen molar-refractivity contribution in [1.29, 1.82) is 0 Å². The minimum Gasteiger partial charge on any atom is -0.463 e. The first-order chi connectivity index (χ1) is 15.7. The van der Waals surface area contributed by atoms with Crippen molar-refractivity contribution in [2.75, 3.05) is 93.5 Å². The van der Waals surface area contributed by atoms with Gasteiger partial charge in [-0.05, 0) is 12.8 Å². The van der Waals surface area contributed by atoms with Gasteiger partial charge in [-0.2, -0.15) is 0 Å². The van der Waals surface area contributed by atoms with Crippen LogP contribution in [0.4, 0.5) is 0 Å². The Morgan fingerprint density at radius 3 is 1.19 bits per heavy atom. The molecule has 0 bridgehead atoms. The van der Waals surface area contributed by atoms with Crippen LogP contribution in [-0.2, 0) is 47.5 Å². The lowest BCUT2D eigenvalue weighted by Crippen LogP contribution is -2.35. The molecular weight excluding hydrogens is 424 g/mol. The van der Waals surface area contributed by atoms with Crippen molar-refractivity contribution in [2.24, 2.45) is 11.8 Å². The number of carbonyl (C=O) groups excluding carboxylic acids is 2. The van der Waals surface area contributed by atoms with E-state index in [1.54, 1.807) is 14.2 Å². The molecule has 0 radical (unpaired) electrons. The first kappa shape index (κ1) is 28.7. The molecule has 32 heavy (non-hydrogen) atoms. The number of hydrogen-bond donors (Lipinski definition) is 0. The predicted molar refractivity (Wildman–Crippen MR) is 114 cm³/mol. The second kappa shape index (κ2) is 20.3. The lowest BCUT2D eigenvalue weighted by molar-refractivity contribution is -0.164. The van der Waals surface area contributed by atoms with E-state index in [1.807, 2.05) is 0 Å². The summed E-state index contributed by atoms with van der Waals surface area (Å²) in [7, 11) is 3.23. The lowest BCUT2D eigenvalue weighted by Gasteiger charge is -2.28. The molecule has 0 saturated heterocycles. The summed E-state index contributed by atoms with van der Waals surface area (Å²) in [5, 5.41) is 0. The molecule has 10 heteroatoms. The zero-order valence-electron chi connectivity index (χ0n) is 19.6. The summed E-state index contributed by atoms with van der Waals surface area (Å²) in [6.07, 6.45) is 3.04. The van der Waals surface area contributed by atoms with Gasteiger partial charge in [0, 0.05) is 14.2 Å². The van der Waals surface area contributed by atoms with Crippen LogP contribution < -0.4 is 0 Å². The monoisotopic (exact) mass is 464 g/mol. The SMILES string of the molecule is COCCOCCOCCOC(=O)C1CCCCC1C(=O)OCCOCCOCCOC. The Hall–Kier alpha value is -1.30. The Morgan fingerprint density at radius 1 is 0.531 bits per heavy atom. The van der Waals surface area contributed by atoms with Crippen LogP contribution in [0.1, 0.15) is 25.7 Å². The van der Waals surface area contributed by atoms with E-state index in [4.69, 9.17) is 37.9 Å². The maximum Gasteiger partial charge on any atom is 0.309 e. The fraction of sp³-hybridized carbons (Fsp3) is 0.909. The minimum atomic E-state index is -0.469. The number of ether oxygens (including phenoxy) is 8. The molecule has 1 fully saturated rings. The summed E-state index contributed by atoms with van der Waals surface area (Å²) in [6, 6.07) is 0. The Labute approximate surface area is 191 Å². The van der Waals surface area contributed by atoms with Gasteiger partial charge in [0.15, 0.2) is 0 Å². The Morgan fingerprint density at radius 2 is 0.844 bits per heavy atom. The van der Waals surface area contributed by atoms with Gasteiger partial charge in [0.2, 0.25) is 0 Å². The molecule has 188 valence electrons. The van der Waals surface area contributed by atoms with Crippen LogP contribution in [0.15, 0.2) is 0 Å². The maximum atomic E-state index is 12.5. The van der Waals surface area contributed by atoms with Gasteiger partial charge in [0.25, 0.3) is 0 Å². The van der Waals surface area contributed by atoms with E-state index in [2.05, 4.69) is 0 Å². The molecule has 1 rings (SSSR count). The molecule has 0 N–H and O–H groups in total. The Kier molecular flexibility index (Phi) is 18.2. The van der Waals surface area contributed by atoms with Gasteiger partial charge in [-0.3, -0.25) is 9.59 Å². The van der Waals surface area contributed by atoms with Crippen molar-refractivity contribution >= 4 is 11.9 Å². The van der Waals surface area contributed by atoms with Crippen molar-refractivity contribution in [2.45, 2.75) is 25.7 Å². The molecule has 2 atom stereocenters. The van der Waals surface area contributed by atoms with Crippen molar-refractivity contribution in [3.05, 3.63) is 0 Å². The highest BCUT2D eigenvalue weighted by atomic mass is 16.6. The number of carbonyl (C=O) groups is 2. The predicted octanol–water partition coefficient (Wildman–Crippen LogP) is 1.24. The van der Waals surface area contributed by atoms with Gasteiger partial charge in [-0.15, -0.1) is 0 Å². The van der Waals surface area contributed by atoms with Gasteiger partial charge in [-0.1, -0.05) is 12.8 Å². The molecule has 0 aromatic rings. The standard InChI is InChI=1S/C22H40O10/c1-25-7-9-27-11-13-29-15-17-31-21(23)19-5-3-4-6-20(19)22(24)32-18-16-30-14-12-28-10-8-26-2/h19-20H,3-18H2,1-2H3. The number of methoxy groups -OCH3 is 2. The van der Waals surface area contributed by atoms with Crippen LogP contribution >= 0.6 is 0 Å². The molecule has 0 heterocycles. The van der Waals surface area contributed by atoms with E-state index in [1.165, 1.54) is 0 Å². The molecule has 1 aliphatic carbocycles. The molecule has 0 aromatic heterocycles. The van der Waals surface area contributed by atoms with E-state index in [0.29, 0.717) is 65.7 Å². The van der Waals surface area contributed by atoms with Gasteiger partial charge in [0.1, 0.15) is 13.2 Å². The maximum absolute atomic E-state index is 12.5. The first-order valence-electron chi connectivity index (χ1n) is 11.3. The minimum absolute atomic E-state index is 0.148. The van der Waals surface area contributed by atoms with E-state index in [0.717, 1.165) is 12.8 Å². The molecule has 0 aliphatic heterocycles. The van der Waals surface area contributed by atoms with Crippen molar-refractivity contribution < 1.29 is 47.5 Å². The highest BCUT2D eigenvalue weighted by Crippen LogP contribution is 2.32. The van der Waals surface area contributed by atoms with Crippen LogP contribution in [-0.4, -0.2) is 105 Å². The Bertz CT molecular complexity index is 432. The van der Waals surface area contributed by atoms with E-state index >= 15 is 0 Å². The summed E-state index contributed by atoms with van der Waals surface area (Å²) in [6.45, 7) is 4.73. The molecule has 2 unspecified atom stereocenters. The molecule has 1 aliphatic rings. The molecule has 0 aromatic carbocycles. The highest BCUT2D eigenvalue weighted by molar-refractivity contribution is 5.82. The van der Waals surface area contributed by atoms with Crippen LogP contribution in [0.2, 0.25) is 0 Å². The van der Waals surface area contributed by atoms with E-state index in [-0.39, 0.29) is 38.4 Å². The lowest BCUT2D eigenvalue weighted by atomic mass is 9.79. The molecule has 0 amide bonds. The molecular formula is C22H40O10. The second-order valence-corrected chi connectivity index (χ2v) is 7.27. The summed E-state index contributed by atoms with van der Waals surface area (Å²) in [5.74, 6) is -1.67. The largest absolute Gasteiger partial charge is 0.463 e. The highest BCUT2D eigenvalue weighted by Gasteiger charge is 2.37. The third-order valence-corrected chi connectivity index (χ3v) is 4.92. The smallest absolute Gasteiger partial charge is 0.309 e. The quantitative estimate of drug-likeness (QED) is 0.193. The van der Waals surface area contributed by atoms with E-state index in [9.17, 15) is 9.59 Å². The molecule has 10 nitrogen and oxygen atoms in total. The van der Waals surface area contributed by atoms with Gasteiger partial charge in [0.05, 0.1) is 77.9 Å². The van der Waals surface area contributed by atoms with E-state index < -0.39 is 11.8 Å². The van der Waals surface area contributed by atoms with Crippen molar-refractivity contribution in [3.8, 4) is 0 Å². The normalized spacial score (nSPS) is 18.4. The average Bonchev–Trinajstić information content (AvgIpc) is 2.81. The summed E-state index contributed by atoms with van der Waals surface area (Å²) in [4.78, 5) is 24.9. The van der Waals surface area contributed by atoms with Gasteiger partial charge >= 0.3 is 11.9 Å². The zero-order valence-corrected chi connectivity index (χ0v) is 19.6. The zero-order chi connectivity index (χ0) is 23.3. The fourth-order valence-electron chi connectivity index (χ4n) is 3.24. The number of esters is 2. The fourth-order valence-corrected chi connectivity index (χ4v) is 3.24. The summed E-state index contributed by atoms with van der Waals surface area (Å²) < 4.78 is 41.7. The van der Waals surface area contributed by atoms with Gasteiger partial charge < -0.3 is 37.9 Å². The third kappa shape index (κ3) is 14.0. The third-order valence-electron chi connectivity index (χ3n) is 4.92. The van der Waals surface area contributed by atoms with Gasteiger partial charge in [-0.25, -0.2) is 0 Å². The first-order valence-corrected chi connectivity index (χ1v) is 11.3. The van der Waals surface area contributed by atoms with Crippen molar-refractivity contribution in [1.82, 2.24) is 0 Å². The number of hydrogen-bond acceptors (Lipinski definition) is 10. The second-order valence-electron chi connectivity index (χ2n) is 7.27. The van der Waals surface area contributed by atoms with Crippen molar-refractivity contribution in [3.63, 3.8) is 0 Å². The topological polar surface area (TPSA) is 108 Å². The number of rotatable bonds is 20. The summed E-state index contributed by atoms with van der Waals surface area (Å²) >= 11 is 0. The molecule has 1 saturated carbocycles. The molecule has 0 spiro atoms. The summed E-state index contributed by atoms with van der Waals surface area (Å²) in [5.41, 5.74) is 0.